The Bertz CT molecular complexity index is 441. The van der Waals surface area contributed by atoms with Crippen molar-refractivity contribution >= 4 is 33.3 Å². The molecular weight excluding hydrogens is 377 g/mol. The zero-order valence-electron chi connectivity index (χ0n) is 19.6. The Morgan fingerprint density at radius 1 is 0.560 bits per heavy atom. The van der Waals surface area contributed by atoms with Crippen LogP contribution in [0.3, 0.4) is 0 Å². The van der Waals surface area contributed by atoms with Gasteiger partial charge in [0.05, 0.1) is 10.4 Å². The first-order valence-electron chi connectivity index (χ1n) is 9.85. The summed E-state index contributed by atoms with van der Waals surface area (Å²) in [6, 6.07) is 0. The third-order valence-electron chi connectivity index (χ3n) is 5.47. The van der Waals surface area contributed by atoms with Gasteiger partial charge in [-0.1, -0.05) is 13.8 Å². The van der Waals surface area contributed by atoms with E-state index in [1.165, 1.54) is 0 Å². The minimum absolute atomic E-state index is 0.169. The molecule has 2 unspecified atom stereocenters. The molecule has 0 rings (SSSR count). The Morgan fingerprint density at radius 3 is 1.20 bits per heavy atom. The second kappa shape index (κ2) is 8.01. The zero-order valence-corrected chi connectivity index (χ0v) is 23.6. The third-order valence-corrected chi connectivity index (χ3v) is 18.4. The Kier molecular flexibility index (Phi) is 8.25. The molecule has 0 aliphatic carbocycles. The van der Waals surface area contributed by atoms with E-state index < -0.39 is 33.3 Å². The number of rotatable bonds is 10. The molecule has 0 fully saturated rings. The van der Waals surface area contributed by atoms with Crippen LogP contribution >= 0.6 is 0 Å². The van der Waals surface area contributed by atoms with Gasteiger partial charge in [0, 0.05) is 0 Å². The summed E-state index contributed by atoms with van der Waals surface area (Å²) in [5.41, 5.74) is 0. The second-order valence-electron chi connectivity index (χ2n) is 10.7. The van der Waals surface area contributed by atoms with Crippen LogP contribution in [0.5, 0.6) is 0 Å². The van der Waals surface area contributed by atoms with Crippen LogP contribution in [0.25, 0.3) is 0 Å². The van der Waals surface area contributed by atoms with Gasteiger partial charge in [0.1, 0.15) is 0 Å². The van der Waals surface area contributed by atoms with Gasteiger partial charge in [-0.25, -0.2) is 0 Å². The van der Waals surface area contributed by atoms with Gasteiger partial charge in [-0.15, -0.1) is 0 Å². The molecule has 152 valence electrons. The smallest absolute Gasteiger partial charge is 0.216 e. The standard InChI is InChI=1S/C18H46O3Si4/c1-15-17(3,19-22(5,6)7)24(11,12)20-18(4,16-2)25(13,14)21-23(8,9)10/h15-16H2,1-14H3. The van der Waals surface area contributed by atoms with Crippen LogP contribution in [0.4, 0.5) is 0 Å². The lowest BCUT2D eigenvalue weighted by molar-refractivity contribution is 0.0700. The van der Waals surface area contributed by atoms with Crippen molar-refractivity contribution in [2.45, 2.75) is 116 Å². The van der Waals surface area contributed by atoms with Crippen molar-refractivity contribution in [3.63, 3.8) is 0 Å². The van der Waals surface area contributed by atoms with Gasteiger partial charge in [-0.05, 0) is 92.2 Å². The molecule has 25 heavy (non-hydrogen) atoms. The predicted molar refractivity (Wildman–Crippen MR) is 122 cm³/mol. The average molecular weight is 423 g/mol. The average Bonchev–Trinajstić information content (AvgIpc) is 2.32. The Balaban J connectivity index is 5.78. The minimum Gasteiger partial charge on any atom is -0.454 e. The molecule has 0 bridgehead atoms. The van der Waals surface area contributed by atoms with Gasteiger partial charge < -0.3 is 13.0 Å². The molecule has 0 spiro atoms. The predicted octanol–water partition coefficient (Wildman–Crippen LogP) is 6.53. The largest absolute Gasteiger partial charge is 0.454 e. The summed E-state index contributed by atoms with van der Waals surface area (Å²) >= 11 is 0. The van der Waals surface area contributed by atoms with Crippen molar-refractivity contribution in [3.8, 4) is 0 Å². The molecule has 2 atom stereocenters. The molecule has 0 saturated heterocycles. The number of hydrogen-bond donors (Lipinski definition) is 0. The summed E-state index contributed by atoms with van der Waals surface area (Å²) in [5, 5.41) is -0.361. The fraction of sp³-hybridized carbons (Fsp3) is 1.00. The summed E-state index contributed by atoms with van der Waals surface area (Å²) in [4.78, 5) is 0. The first-order valence-corrected chi connectivity index (χ1v) is 22.5. The van der Waals surface area contributed by atoms with Crippen LogP contribution < -0.4 is 0 Å². The molecule has 0 aromatic carbocycles. The van der Waals surface area contributed by atoms with E-state index in [0.717, 1.165) is 12.8 Å². The molecule has 0 saturated carbocycles. The lowest BCUT2D eigenvalue weighted by Crippen LogP contribution is -2.68. The molecule has 0 aliphatic rings. The summed E-state index contributed by atoms with van der Waals surface area (Å²) < 4.78 is 20.5. The molecule has 7 heteroatoms. The van der Waals surface area contributed by atoms with Crippen molar-refractivity contribution in [1.82, 2.24) is 0 Å². The summed E-state index contributed by atoms with van der Waals surface area (Å²) in [5.74, 6) is 0. The monoisotopic (exact) mass is 422 g/mol. The van der Waals surface area contributed by atoms with Crippen LogP contribution in [0.15, 0.2) is 0 Å². The van der Waals surface area contributed by atoms with Crippen LogP contribution in [0.2, 0.25) is 65.5 Å². The van der Waals surface area contributed by atoms with Gasteiger partial charge in [-0.2, -0.15) is 0 Å². The highest BCUT2D eigenvalue weighted by atomic mass is 28.4. The van der Waals surface area contributed by atoms with Gasteiger partial charge in [0.2, 0.25) is 16.6 Å². The first-order chi connectivity index (χ1) is 10.7. The molecule has 0 N–H and O–H groups in total. The van der Waals surface area contributed by atoms with E-state index in [9.17, 15) is 0 Å². The van der Waals surface area contributed by atoms with Crippen LogP contribution in [-0.4, -0.2) is 43.7 Å². The van der Waals surface area contributed by atoms with Gasteiger partial charge in [-0.3, -0.25) is 0 Å². The van der Waals surface area contributed by atoms with Crippen molar-refractivity contribution in [1.29, 1.82) is 0 Å². The van der Waals surface area contributed by atoms with E-state index >= 15 is 0 Å². The maximum Gasteiger partial charge on any atom is 0.216 e. The second-order valence-corrected chi connectivity index (χ2v) is 28.6. The van der Waals surface area contributed by atoms with E-state index in [1.54, 1.807) is 0 Å². The Labute approximate surface area is 162 Å². The van der Waals surface area contributed by atoms with Gasteiger partial charge in [0.15, 0.2) is 16.6 Å². The molecule has 0 heterocycles. The van der Waals surface area contributed by atoms with E-state index in [1.807, 2.05) is 0 Å². The lowest BCUT2D eigenvalue weighted by atomic mass is 10.3. The minimum atomic E-state index is -2.13. The fourth-order valence-corrected chi connectivity index (χ4v) is 18.8. The Morgan fingerprint density at radius 2 is 0.920 bits per heavy atom. The van der Waals surface area contributed by atoms with Crippen molar-refractivity contribution in [2.24, 2.45) is 0 Å². The summed E-state index contributed by atoms with van der Waals surface area (Å²) in [6.07, 6.45) is 1.98. The summed E-state index contributed by atoms with van der Waals surface area (Å²) in [7, 11) is -7.41. The molecule has 0 amide bonds. The quantitative estimate of drug-likeness (QED) is 0.374. The van der Waals surface area contributed by atoms with E-state index in [-0.39, 0.29) is 10.4 Å². The maximum absolute atomic E-state index is 7.08. The normalized spacial score (nSPS) is 19.4. The first kappa shape index (κ1) is 25.7. The van der Waals surface area contributed by atoms with Crippen LogP contribution in [0, 0.1) is 0 Å². The highest BCUT2D eigenvalue weighted by Crippen LogP contribution is 2.40. The topological polar surface area (TPSA) is 27.7 Å². The molecule has 3 nitrogen and oxygen atoms in total. The molecule has 0 aromatic rings. The zero-order chi connectivity index (χ0) is 20.5. The Hall–Kier alpha value is 0.748. The molecule has 0 aliphatic heterocycles. The lowest BCUT2D eigenvalue weighted by Gasteiger charge is -2.53. The van der Waals surface area contributed by atoms with Crippen molar-refractivity contribution in [2.75, 3.05) is 0 Å². The van der Waals surface area contributed by atoms with E-state index in [4.69, 9.17) is 13.0 Å². The van der Waals surface area contributed by atoms with Crippen molar-refractivity contribution in [3.05, 3.63) is 0 Å². The van der Waals surface area contributed by atoms with E-state index in [0.29, 0.717) is 0 Å². The molecule has 0 radical (unpaired) electrons. The highest BCUT2D eigenvalue weighted by Gasteiger charge is 2.55. The van der Waals surface area contributed by atoms with Gasteiger partial charge >= 0.3 is 0 Å². The molecular formula is C18H46O3Si4. The summed E-state index contributed by atoms with van der Waals surface area (Å²) in [6.45, 7) is 32.1. The van der Waals surface area contributed by atoms with E-state index in [2.05, 4.69) is 93.2 Å². The van der Waals surface area contributed by atoms with Crippen LogP contribution in [0.1, 0.15) is 40.5 Å². The fourth-order valence-electron chi connectivity index (χ4n) is 3.46. The van der Waals surface area contributed by atoms with Crippen LogP contribution in [-0.2, 0) is 13.0 Å². The third kappa shape index (κ3) is 7.01. The SMILES string of the molecule is CCC(C)(O[Si](C)(C)C)[Si](C)(C)OC(C)(CC)[Si](C)(C)O[Si](C)(C)C. The molecule has 0 aromatic heterocycles. The maximum atomic E-state index is 7.08. The highest BCUT2D eigenvalue weighted by molar-refractivity contribution is 6.86. The number of hydrogen-bond acceptors (Lipinski definition) is 3. The van der Waals surface area contributed by atoms with Gasteiger partial charge in [0.25, 0.3) is 0 Å². The van der Waals surface area contributed by atoms with Crippen molar-refractivity contribution < 1.29 is 13.0 Å².